The Morgan fingerprint density at radius 3 is 2.72 bits per heavy atom. The zero-order valence-corrected chi connectivity index (χ0v) is 20.5. The molecule has 2 fully saturated rings. The molecule has 0 spiro atoms. The lowest BCUT2D eigenvalue weighted by atomic mass is 9.92. The average Bonchev–Trinajstić information content (AvgIpc) is 3.36. The number of nitrogens with one attached hydrogen (secondary N) is 2. The SMILES string of the molecule is O=C1N(Cc2nc3c(F)c(F)ccc3[nH]2)CC(Cc2ccc(Cl)cc2Cl)N1CC1CCNCC1(F)F. The molecule has 0 bridgehead atoms. The molecule has 1 aromatic heterocycles. The number of carbonyl (C=O) groups excluding carboxylic acids is 1. The second-order valence-electron chi connectivity index (χ2n) is 9.27. The van der Waals surface area contributed by atoms with Gasteiger partial charge in [0, 0.05) is 29.1 Å². The van der Waals surface area contributed by atoms with Crippen LogP contribution in [0.2, 0.25) is 10.0 Å². The highest BCUT2D eigenvalue weighted by molar-refractivity contribution is 6.35. The van der Waals surface area contributed by atoms with Crippen LogP contribution in [0.3, 0.4) is 0 Å². The van der Waals surface area contributed by atoms with E-state index in [4.69, 9.17) is 23.2 Å². The number of urea groups is 1. The van der Waals surface area contributed by atoms with Gasteiger partial charge in [0.05, 0.1) is 24.6 Å². The molecule has 2 aliphatic heterocycles. The highest BCUT2D eigenvalue weighted by Gasteiger charge is 2.46. The van der Waals surface area contributed by atoms with Gasteiger partial charge in [0.1, 0.15) is 11.3 Å². The molecule has 5 rings (SSSR count). The van der Waals surface area contributed by atoms with Crippen LogP contribution in [0.1, 0.15) is 17.8 Å². The van der Waals surface area contributed by atoms with Crippen LogP contribution < -0.4 is 5.32 Å². The molecule has 2 aliphatic rings. The number of carbonyl (C=O) groups is 1. The fourth-order valence-electron chi connectivity index (χ4n) is 4.92. The molecule has 2 aromatic carbocycles. The molecule has 2 saturated heterocycles. The number of piperidine rings is 1. The number of rotatable bonds is 6. The first-order valence-electron chi connectivity index (χ1n) is 11.5. The van der Waals surface area contributed by atoms with E-state index in [-0.39, 0.29) is 37.4 Å². The molecule has 0 aliphatic carbocycles. The van der Waals surface area contributed by atoms with E-state index in [1.807, 2.05) is 0 Å². The normalized spacial score (nSPS) is 22.1. The van der Waals surface area contributed by atoms with Gasteiger partial charge in [-0.3, -0.25) is 0 Å². The fraction of sp³-hybridized carbons (Fsp3) is 0.417. The number of benzene rings is 2. The van der Waals surface area contributed by atoms with Gasteiger partial charge in [-0.05, 0) is 49.2 Å². The van der Waals surface area contributed by atoms with E-state index in [1.165, 1.54) is 15.9 Å². The Bertz CT molecular complexity index is 1300. The summed E-state index contributed by atoms with van der Waals surface area (Å²) in [6.45, 7) is 0.111. The molecule has 2 atom stereocenters. The number of halogens is 6. The molecule has 0 radical (unpaired) electrons. The van der Waals surface area contributed by atoms with E-state index >= 15 is 0 Å². The topological polar surface area (TPSA) is 64.3 Å². The summed E-state index contributed by atoms with van der Waals surface area (Å²) in [5.74, 6) is -5.77. The predicted molar refractivity (Wildman–Crippen MR) is 128 cm³/mol. The molecule has 3 heterocycles. The second kappa shape index (κ2) is 9.72. The van der Waals surface area contributed by atoms with Crippen molar-refractivity contribution in [2.24, 2.45) is 5.92 Å². The quantitative estimate of drug-likeness (QED) is 0.418. The number of fused-ring (bicyclic) bond motifs is 1. The molecule has 6 nitrogen and oxygen atoms in total. The number of aromatic amines is 1. The van der Waals surface area contributed by atoms with Crippen molar-refractivity contribution >= 4 is 40.3 Å². The van der Waals surface area contributed by atoms with Crippen LogP contribution in [0.4, 0.5) is 22.4 Å². The Kier molecular flexibility index (Phi) is 6.78. The number of hydrogen-bond donors (Lipinski definition) is 2. The van der Waals surface area contributed by atoms with Crippen molar-refractivity contribution in [2.75, 3.05) is 26.2 Å². The smallest absolute Gasteiger partial charge is 0.320 e. The molecule has 2 amide bonds. The van der Waals surface area contributed by atoms with Crippen molar-refractivity contribution in [1.29, 1.82) is 0 Å². The minimum atomic E-state index is -2.95. The molecule has 36 heavy (non-hydrogen) atoms. The molecule has 2 unspecified atom stereocenters. The van der Waals surface area contributed by atoms with Crippen molar-refractivity contribution < 1.29 is 22.4 Å². The van der Waals surface area contributed by atoms with E-state index in [2.05, 4.69) is 15.3 Å². The molecule has 192 valence electrons. The lowest BCUT2D eigenvalue weighted by Gasteiger charge is -2.36. The van der Waals surface area contributed by atoms with Crippen LogP contribution in [0.25, 0.3) is 11.0 Å². The largest absolute Gasteiger partial charge is 0.340 e. The third-order valence-electron chi connectivity index (χ3n) is 6.84. The summed E-state index contributed by atoms with van der Waals surface area (Å²) < 4.78 is 56.9. The van der Waals surface area contributed by atoms with E-state index in [0.29, 0.717) is 28.5 Å². The number of hydrogen-bond acceptors (Lipinski definition) is 3. The van der Waals surface area contributed by atoms with Crippen LogP contribution in [-0.2, 0) is 13.0 Å². The first-order chi connectivity index (χ1) is 17.1. The standard InChI is InChI=1S/C24H23Cl2F4N5O/c25-15-2-1-13(17(26)8-15)7-16-10-34(11-20-32-19-4-3-18(27)21(28)22(19)33-20)23(36)35(16)9-14-5-6-31-12-24(14,29)30/h1-4,8,14,16,31H,5-7,9-12H2,(H,32,33). The van der Waals surface area contributed by atoms with Crippen LogP contribution in [-0.4, -0.2) is 63.9 Å². The van der Waals surface area contributed by atoms with Gasteiger partial charge < -0.3 is 20.1 Å². The third-order valence-corrected chi connectivity index (χ3v) is 7.43. The third kappa shape index (κ3) is 4.86. The maximum Gasteiger partial charge on any atom is 0.320 e. The van der Waals surface area contributed by atoms with E-state index in [0.717, 1.165) is 11.6 Å². The van der Waals surface area contributed by atoms with Crippen molar-refractivity contribution in [3.63, 3.8) is 0 Å². The fourth-order valence-corrected chi connectivity index (χ4v) is 5.40. The first-order valence-corrected chi connectivity index (χ1v) is 12.3. The highest BCUT2D eigenvalue weighted by Crippen LogP contribution is 2.34. The monoisotopic (exact) mass is 543 g/mol. The average molecular weight is 544 g/mol. The summed E-state index contributed by atoms with van der Waals surface area (Å²) in [7, 11) is 0. The maximum absolute atomic E-state index is 14.6. The van der Waals surface area contributed by atoms with Crippen molar-refractivity contribution in [3.05, 3.63) is 63.4 Å². The molecule has 2 N–H and O–H groups in total. The van der Waals surface area contributed by atoms with Gasteiger partial charge >= 0.3 is 6.03 Å². The Morgan fingerprint density at radius 1 is 1.17 bits per heavy atom. The number of aromatic nitrogens is 2. The Balaban J connectivity index is 1.41. The van der Waals surface area contributed by atoms with Crippen LogP contribution >= 0.6 is 23.2 Å². The molecule has 0 saturated carbocycles. The summed E-state index contributed by atoms with van der Waals surface area (Å²) in [6.07, 6.45) is 0.578. The van der Waals surface area contributed by atoms with Crippen molar-refractivity contribution in [1.82, 2.24) is 25.1 Å². The number of amides is 2. The van der Waals surface area contributed by atoms with Gasteiger partial charge in [0.15, 0.2) is 11.6 Å². The molecular formula is C24H23Cl2F4N5O. The summed E-state index contributed by atoms with van der Waals surface area (Å²) >= 11 is 12.4. The molecule has 3 aromatic rings. The van der Waals surface area contributed by atoms with E-state index in [1.54, 1.807) is 18.2 Å². The minimum Gasteiger partial charge on any atom is -0.340 e. The van der Waals surface area contributed by atoms with Gasteiger partial charge in [-0.1, -0.05) is 29.3 Å². The van der Waals surface area contributed by atoms with Gasteiger partial charge in [-0.15, -0.1) is 0 Å². The van der Waals surface area contributed by atoms with Gasteiger partial charge in [-0.25, -0.2) is 27.3 Å². The summed E-state index contributed by atoms with van der Waals surface area (Å²) in [5.41, 5.74) is 0.877. The van der Waals surface area contributed by atoms with Gasteiger partial charge in [0.2, 0.25) is 0 Å². The minimum absolute atomic E-state index is 0.0153. The van der Waals surface area contributed by atoms with Crippen LogP contribution in [0.5, 0.6) is 0 Å². The lowest BCUT2D eigenvalue weighted by molar-refractivity contribution is -0.0804. The van der Waals surface area contributed by atoms with Gasteiger partial charge in [-0.2, -0.15) is 0 Å². The Labute approximate surface area is 214 Å². The zero-order valence-electron chi connectivity index (χ0n) is 19.0. The predicted octanol–water partition coefficient (Wildman–Crippen LogP) is 5.24. The second-order valence-corrected chi connectivity index (χ2v) is 10.1. The Morgan fingerprint density at radius 2 is 1.97 bits per heavy atom. The summed E-state index contributed by atoms with van der Waals surface area (Å²) in [4.78, 5) is 23.4. The Hall–Kier alpha value is -2.56. The van der Waals surface area contributed by atoms with Crippen LogP contribution in [0.15, 0.2) is 30.3 Å². The summed E-state index contributed by atoms with van der Waals surface area (Å²) in [6, 6.07) is 6.55. The first kappa shape index (κ1) is 25.1. The van der Waals surface area contributed by atoms with Gasteiger partial charge in [0.25, 0.3) is 5.92 Å². The lowest BCUT2D eigenvalue weighted by Crippen LogP contribution is -2.52. The molecule has 12 heteroatoms. The van der Waals surface area contributed by atoms with Crippen molar-refractivity contribution in [3.8, 4) is 0 Å². The van der Waals surface area contributed by atoms with Crippen LogP contribution in [0, 0.1) is 17.6 Å². The van der Waals surface area contributed by atoms with E-state index < -0.39 is 42.1 Å². The van der Waals surface area contributed by atoms with Crippen molar-refractivity contribution in [2.45, 2.75) is 31.4 Å². The summed E-state index contributed by atoms with van der Waals surface area (Å²) in [5, 5.41) is 3.60. The van der Waals surface area contributed by atoms with E-state index in [9.17, 15) is 22.4 Å². The zero-order chi connectivity index (χ0) is 25.6. The number of alkyl halides is 2. The number of H-pyrrole nitrogens is 1. The number of imidazole rings is 1. The highest BCUT2D eigenvalue weighted by atomic mass is 35.5. The molecular weight excluding hydrogens is 521 g/mol. The number of nitrogens with zero attached hydrogens (tertiary/aromatic N) is 3. The maximum atomic E-state index is 14.6.